The first-order valence-electron chi connectivity index (χ1n) is 9.98. The lowest BCUT2D eigenvalue weighted by Gasteiger charge is -2.43. The van der Waals surface area contributed by atoms with Gasteiger partial charge in [0.15, 0.2) is 0 Å². The fraction of sp³-hybridized carbons (Fsp3) is 0.667. The summed E-state index contributed by atoms with van der Waals surface area (Å²) in [5, 5.41) is 11.0. The first-order valence-corrected chi connectivity index (χ1v) is 9.98. The van der Waals surface area contributed by atoms with Crippen LogP contribution < -0.4 is 0 Å². The zero-order valence-electron chi connectivity index (χ0n) is 16.1. The maximum atomic E-state index is 12.6. The van der Waals surface area contributed by atoms with Crippen molar-refractivity contribution in [3.8, 4) is 0 Å². The standard InChI is InChI=1S/C21H31NO5/c1-2-25-12-13-26-11-10-21(24)14-18-8-9-19(15-21)22(18)20(23)27-16-17-6-4-3-5-7-17/h3-7,18-19,24H,2,8-16H2,1H3. The van der Waals surface area contributed by atoms with Crippen LogP contribution in [0.4, 0.5) is 4.79 Å². The van der Waals surface area contributed by atoms with Crippen molar-refractivity contribution < 1.29 is 24.1 Å². The van der Waals surface area contributed by atoms with Crippen molar-refractivity contribution in [2.75, 3.05) is 26.4 Å². The number of fused-ring (bicyclic) bond motifs is 2. The van der Waals surface area contributed by atoms with Gasteiger partial charge in [0, 0.05) is 25.3 Å². The van der Waals surface area contributed by atoms with Gasteiger partial charge < -0.3 is 24.2 Å². The van der Waals surface area contributed by atoms with Gasteiger partial charge in [-0.05, 0) is 44.6 Å². The van der Waals surface area contributed by atoms with Crippen molar-refractivity contribution in [2.45, 2.75) is 63.3 Å². The lowest BCUT2D eigenvalue weighted by Crippen LogP contribution is -2.53. The third-order valence-electron chi connectivity index (χ3n) is 5.55. The van der Waals surface area contributed by atoms with Crippen molar-refractivity contribution in [3.63, 3.8) is 0 Å². The van der Waals surface area contributed by atoms with Gasteiger partial charge in [0.25, 0.3) is 0 Å². The number of hydrogen-bond donors (Lipinski definition) is 1. The number of carbonyl (C=O) groups is 1. The molecule has 2 unspecified atom stereocenters. The van der Waals surface area contributed by atoms with Crippen LogP contribution in [-0.4, -0.2) is 60.2 Å². The smallest absolute Gasteiger partial charge is 0.410 e. The molecule has 0 spiro atoms. The second kappa shape index (κ2) is 9.53. The monoisotopic (exact) mass is 377 g/mol. The number of ether oxygens (including phenoxy) is 3. The van der Waals surface area contributed by atoms with Crippen LogP contribution in [0.2, 0.25) is 0 Å². The van der Waals surface area contributed by atoms with E-state index in [2.05, 4.69) is 0 Å². The van der Waals surface area contributed by atoms with E-state index < -0.39 is 5.60 Å². The van der Waals surface area contributed by atoms with E-state index in [0.29, 0.717) is 45.7 Å². The first kappa shape index (κ1) is 20.1. The predicted octanol–water partition coefficient (Wildman–Crippen LogP) is 3.12. The maximum absolute atomic E-state index is 12.6. The third kappa shape index (κ3) is 5.43. The molecule has 2 heterocycles. The number of benzene rings is 1. The Morgan fingerprint density at radius 3 is 2.44 bits per heavy atom. The minimum Gasteiger partial charge on any atom is -0.445 e. The molecule has 0 saturated carbocycles. The molecular formula is C21H31NO5. The predicted molar refractivity (Wildman–Crippen MR) is 101 cm³/mol. The van der Waals surface area contributed by atoms with Crippen LogP contribution in [0.3, 0.4) is 0 Å². The quantitative estimate of drug-likeness (QED) is 0.670. The molecule has 1 aromatic carbocycles. The summed E-state index contributed by atoms with van der Waals surface area (Å²) in [7, 11) is 0. The number of rotatable bonds is 9. The van der Waals surface area contributed by atoms with Gasteiger partial charge in [-0.15, -0.1) is 0 Å². The molecule has 2 atom stereocenters. The van der Waals surface area contributed by atoms with E-state index in [1.807, 2.05) is 42.2 Å². The first-order chi connectivity index (χ1) is 13.1. The van der Waals surface area contributed by atoms with Gasteiger partial charge in [-0.25, -0.2) is 4.79 Å². The largest absolute Gasteiger partial charge is 0.445 e. The second-order valence-electron chi connectivity index (χ2n) is 7.52. The average molecular weight is 377 g/mol. The number of nitrogens with zero attached hydrogens (tertiary/aromatic N) is 1. The van der Waals surface area contributed by atoms with Crippen molar-refractivity contribution in [1.82, 2.24) is 4.90 Å². The zero-order valence-corrected chi connectivity index (χ0v) is 16.1. The van der Waals surface area contributed by atoms with Crippen molar-refractivity contribution >= 4 is 6.09 Å². The van der Waals surface area contributed by atoms with Crippen molar-refractivity contribution in [1.29, 1.82) is 0 Å². The van der Waals surface area contributed by atoms with Crippen molar-refractivity contribution in [3.05, 3.63) is 35.9 Å². The molecule has 1 N–H and O–H groups in total. The van der Waals surface area contributed by atoms with Crippen LogP contribution in [-0.2, 0) is 20.8 Å². The van der Waals surface area contributed by atoms with Crippen molar-refractivity contribution in [2.24, 2.45) is 0 Å². The maximum Gasteiger partial charge on any atom is 0.410 e. The molecule has 6 nitrogen and oxygen atoms in total. The molecule has 1 aromatic rings. The van der Waals surface area contributed by atoms with Gasteiger partial charge in [-0.3, -0.25) is 0 Å². The lowest BCUT2D eigenvalue weighted by atomic mass is 9.84. The molecular weight excluding hydrogens is 346 g/mol. The van der Waals surface area contributed by atoms with Gasteiger partial charge >= 0.3 is 6.09 Å². The zero-order chi connectivity index (χ0) is 19.1. The number of carbonyl (C=O) groups excluding carboxylic acids is 1. The molecule has 3 rings (SSSR count). The Bertz CT molecular complexity index is 579. The number of hydrogen-bond acceptors (Lipinski definition) is 5. The highest BCUT2D eigenvalue weighted by atomic mass is 16.6. The van der Waals surface area contributed by atoms with E-state index in [-0.39, 0.29) is 24.8 Å². The molecule has 0 aromatic heterocycles. The van der Waals surface area contributed by atoms with Crippen LogP contribution in [0.15, 0.2) is 30.3 Å². The van der Waals surface area contributed by atoms with Gasteiger partial charge in [-0.1, -0.05) is 30.3 Å². The summed E-state index contributed by atoms with van der Waals surface area (Å²) in [5.74, 6) is 0. The summed E-state index contributed by atoms with van der Waals surface area (Å²) < 4.78 is 16.3. The highest BCUT2D eigenvalue weighted by Crippen LogP contribution is 2.42. The highest BCUT2D eigenvalue weighted by molar-refractivity contribution is 5.69. The molecule has 6 heteroatoms. The Hall–Kier alpha value is -1.63. The average Bonchev–Trinajstić information content (AvgIpc) is 2.96. The number of amides is 1. The molecule has 2 bridgehead atoms. The summed E-state index contributed by atoms with van der Waals surface area (Å²) >= 11 is 0. The lowest BCUT2D eigenvalue weighted by molar-refractivity contribution is -0.0695. The Balaban J connectivity index is 1.45. The second-order valence-corrected chi connectivity index (χ2v) is 7.52. The molecule has 0 aliphatic carbocycles. The minimum absolute atomic E-state index is 0.0560. The van der Waals surface area contributed by atoms with E-state index >= 15 is 0 Å². The molecule has 0 radical (unpaired) electrons. The Kier molecular flexibility index (Phi) is 7.10. The van der Waals surface area contributed by atoms with Crippen LogP contribution in [0.25, 0.3) is 0 Å². The molecule has 150 valence electrons. The minimum atomic E-state index is -0.756. The Morgan fingerprint density at radius 2 is 1.78 bits per heavy atom. The van der Waals surface area contributed by atoms with E-state index in [4.69, 9.17) is 14.2 Å². The fourth-order valence-electron chi connectivity index (χ4n) is 4.24. The highest BCUT2D eigenvalue weighted by Gasteiger charge is 2.49. The number of aliphatic hydroxyl groups is 1. The molecule has 27 heavy (non-hydrogen) atoms. The van der Waals surface area contributed by atoms with Crippen LogP contribution >= 0.6 is 0 Å². The summed E-state index contributed by atoms with van der Waals surface area (Å²) in [5.41, 5.74) is 0.226. The Morgan fingerprint density at radius 1 is 1.11 bits per heavy atom. The van der Waals surface area contributed by atoms with E-state index in [9.17, 15) is 9.90 Å². The Labute approximate surface area is 161 Å². The summed E-state index contributed by atoms with van der Waals surface area (Å²) in [6.45, 7) is 4.58. The molecule has 2 aliphatic rings. The van der Waals surface area contributed by atoms with Crippen LogP contribution in [0.1, 0.15) is 44.6 Å². The van der Waals surface area contributed by atoms with Crippen LogP contribution in [0, 0.1) is 0 Å². The topological polar surface area (TPSA) is 68.2 Å². The van der Waals surface area contributed by atoms with E-state index in [0.717, 1.165) is 18.4 Å². The van der Waals surface area contributed by atoms with Gasteiger partial charge in [0.05, 0.1) is 18.8 Å². The van der Waals surface area contributed by atoms with Gasteiger partial charge in [-0.2, -0.15) is 0 Å². The normalized spacial score (nSPS) is 27.0. The number of piperidine rings is 1. The SMILES string of the molecule is CCOCCOCCC1(O)CC2CCC(C1)N2C(=O)OCc1ccccc1. The van der Waals surface area contributed by atoms with Crippen LogP contribution in [0.5, 0.6) is 0 Å². The fourth-order valence-corrected chi connectivity index (χ4v) is 4.24. The van der Waals surface area contributed by atoms with Gasteiger partial charge in [0.2, 0.25) is 0 Å². The molecule has 2 fully saturated rings. The molecule has 1 amide bonds. The van der Waals surface area contributed by atoms with E-state index in [1.165, 1.54) is 0 Å². The third-order valence-corrected chi connectivity index (χ3v) is 5.55. The molecule has 2 saturated heterocycles. The van der Waals surface area contributed by atoms with Gasteiger partial charge in [0.1, 0.15) is 6.61 Å². The molecule has 2 aliphatic heterocycles. The summed E-state index contributed by atoms with van der Waals surface area (Å²) in [6.07, 6.45) is 3.38. The summed E-state index contributed by atoms with van der Waals surface area (Å²) in [4.78, 5) is 14.4. The summed E-state index contributed by atoms with van der Waals surface area (Å²) in [6, 6.07) is 9.82. The van der Waals surface area contributed by atoms with E-state index in [1.54, 1.807) is 0 Å².